The first-order valence-corrected chi connectivity index (χ1v) is 8.00. The molecule has 4 heteroatoms. The first-order valence-electron chi connectivity index (χ1n) is 8.00. The first-order chi connectivity index (χ1) is 10.2. The molecule has 0 radical (unpaired) electrons. The van der Waals surface area contributed by atoms with Crippen LogP contribution in [0.3, 0.4) is 0 Å². The highest BCUT2D eigenvalue weighted by Crippen LogP contribution is 2.11. The molecule has 116 valence electrons. The second-order valence-corrected chi connectivity index (χ2v) is 5.93. The molecule has 1 fully saturated rings. The van der Waals surface area contributed by atoms with Crippen molar-refractivity contribution in [3.8, 4) is 0 Å². The van der Waals surface area contributed by atoms with Gasteiger partial charge in [-0.25, -0.2) is 0 Å². The molecule has 4 nitrogen and oxygen atoms in total. The number of amides is 1. The molecule has 21 heavy (non-hydrogen) atoms. The molecule has 2 unspecified atom stereocenters. The van der Waals surface area contributed by atoms with Gasteiger partial charge in [-0.15, -0.1) is 0 Å². The molecule has 1 aliphatic rings. The summed E-state index contributed by atoms with van der Waals surface area (Å²) in [6.07, 6.45) is 3.95. The highest BCUT2D eigenvalue weighted by Gasteiger charge is 2.18. The topological polar surface area (TPSA) is 44.4 Å². The molecule has 2 rings (SSSR count). The number of carbonyl (C=O) groups excluding carboxylic acids is 1. The molecule has 1 aromatic rings. The van der Waals surface area contributed by atoms with Gasteiger partial charge in [0.15, 0.2) is 0 Å². The van der Waals surface area contributed by atoms with E-state index < -0.39 is 0 Å². The lowest BCUT2D eigenvalue weighted by Crippen LogP contribution is -2.47. The van der Waals surface area contributed by atoms with Crippen molar-refractivity contribution in [3.05, 3.63) is 30.3 Å². The summed E-state index contributed by atoms with van der Waals surface area (Å²) in [6.45, 7) is 7.38. The lowest BCUT2D eigenvalue weighted by Gasteiger charge is -2.33. The predicted molar refractivity (Wildman–Crippen MR) is 87.4 cm³/mol. The van der Waals surface area contributed by atoms with Gasteiger partial charge in [0.2, 0.25) is 5.91 Å². The summed E-state index contributed by atoms with van der Waals surface area (Å²) >= 11 is 0. The molecular weight excluding hydrogens is 262 g/mol. The quantitative estimate of drug-likeness (QED) is 0.845. The molecule has 1 aromatic carbocycles. The molecular formula is C17H27N3O. The lowest BCUT2D eigenvalue weighted by molar-refractivity contribution is -0.117. The smallest absolute Gasteiger partial charge is 0.241 e. The van der Waals surface area contributed by atoms with E-state index in [9.17, 15) is 4.79 Å². The highest BCUT2D eigenvalue weighted by atomic mass is 16.2. The third kappa shape index (κ3) is 5.14. The highest BCUT2D eigenvalue weighted by molar-refractivity contribution is 5.94. The van der Waals surface area contributed by atoms with Crippen LogP contribution in [0.1, 0.15) is 33.1 Å². The van der Waals surface area contributed by atoms with Crippen molar-refractivity contribution in [2.45, 2.75) is 45.2 Å². The molecule has 1 aliphatic heterocycles. The zero-order chi connectivity index (χ0) is 15.1. The van der Waals surface area contributed by atoms with Gasteiger partial charge < -0.3 is 10.6 Å². The van der Waals surface area contributed by atoms with Gasteiger partial charge in [-0.1, -0.05) is 24.6 Å². The Balaban J connectivity index is 1.73. The van der Waals surface area contributed by atoms with Crippen LogP contribution >= 0.6 is 0 Å². The summed E-state index contributed by atoms with van der Waals surface area (Å²) in [5.74, 6) is 0.0204. The van der Waals surface area contributed by atoms with Crippen LogP contribution in [0.4, 0.5) is 5.69 Å². The number of nitrogens with one attached hydrogen (secondary N) is 2. The van der Waals surface area contributed by atoms with Crippen molar-refractivity contribution in [1.29, 1.82) is 0 Å². The predicted octanol–water partition coefficient (Wildman–Crippen LogP) is 2.48. The van der Waals surface area contributed by atoms with Crippen LogP contribution in [0.2, 0.25) is 0 Å². The fourth-order valence-corrected chi connectivity index (χ4v) is 2.70. The Morgan fingerprint density at radius 1 is 1.14 bits per heavy atom. The van der Waals surface area contributed by atoms with Crippen molar-refractivity contribution in [2.75, 3.05) is 25.0 Å². The Hall–Kier alpha value is -1.39. The van der Waals surface area contributed by atoms with Gasteiger partial charge in [0.1, 0.15) is 0 Å². The molecule has 0 bridgehead atoms. The maximum atomic E-state index is 12.1. The molecule has 1 saturated heterocycles. The van der Waals surface area contributed by atoms with E-state index in [4.69, 9.17) is 0 Å². The minimum absolute atomic E-state index is 0.0204. The summed E-state index contributed by atoms with van der Waals surface area (Å²) in [5.41, 5.74) is 0.847. The fourth-order valence-electron chi connectivity index (χ4n) is 2.70. The Morgan fingerprint density at radius 2 is 1.81 bits per heavy atom. The van der Waals surface area contributed by atoms with Gasteiger partial charge in [-0.05, 0) is 51.9 Å². The summed E-state index contributed by atoms with van der Waals surface area (Å²) in [4.78, 5) is 14.6. The second kappa shape index (κ2) is 8.15. The standard InChI is InChI=1S/C17H27N3O/c1-14(20-11-7-4-8-12-20)13-18-15(2)17(21)19-16-9-5-3-6-10-16/h3,5-6,9-10,14-15,18H,4,7-8,11-13H2,1-2H3,(H,19,21). The molecule has 2 atom stereocenters. The number of piperidine rings is 1. The SMILES string of the molecule is CC(NCC(C)N1CCCCC1)C(=O)Nc1ccccc1. The van der Waals surface area contributed by atoms with Crippen molar-refractivity contribution in [2.24, 2.45) is 0 Å². The molecule has 1 heterocycles. The van der Waals surface area contributed by atoms with Crippen molar-refractivity contribution < 1.29 is 4.79 Å². The van der Waals surface area contributed by atoms with Crippen LogP contribution in [0.15, 0.2) is 30.3 Å². The van der Waals surface area contributed by atoms with Gasteiger partial charge in [0.05, 0.1) is 6.04 Å². The Morgan fingerprint density at radius 3 is 2.48 bits per heavy atom. The van der Waals surface area contributed by atoms with Crippen LogP contribution < -0.4 is 10.6 Å². The van der Waals surface area contributed by atoms with Crippen molar-refractivity contribution >= 4 is 11.6 Å². The van der Waals surface area contributed by atoms with E-state index in [1.807, 2.05) is 37.3 Å². The zero-order valence-electron chi connectivity index (χ0n) is 13.1. The van der Waals surface area contributed by atoms with E-state index >= 15 is 0 Å². The fraction of sp³-hybridized carbons (Fsp3) is 0.588. The van der Waals surface area contributed by atoms with E-state index in [1.54, 1.807) is 0 Å². The normalized spacial score (nSPS) is 19.0. The lowest BCUT2D eigenvalue weighted by atomic mass is 10.1. The molecule has 0 aromatic heterocycles. The molecule has 0 spiro atoms. The summed E-state index contributed by atoms with van der Waals surface area (Å²) in [5, 5.41) is 6.28. The summed E-state index contributed by atoms with van der Waals surface area (Å²) < 4.78 is 0. The van der Waals surface area contributed by atoms with E-state index in [0.717, 1.165) is 12.2 Å². The number of carbonyl (C=O) groups is 1. The van der Waals surface area contributed by atoms with E-state index in [0.29, 0.717) is 6.04 Å². The third-order valence-electron chi connectivity index (χ3n) is 4.17. The molecule has 2 N–H and O–H groups in total. The maximum absolute atomic E-state index is 12.1. The van der Waals surface area contributed by atoms with Gasteiger partial charge in [-0.3, -0.25) is 9.69 Å². The Labute approximate surface area is 127 Å². The number of nitrogens with zero attached hydrogens (tertiary/aromatic N) is 1. The average Bonchev–Trinajstić information content (AvgIpc) is 2.54. The summed E-state index contributed by atoms with van der Waals surface area (Å²) in [7, 11) is 0. The summed E-state index contributed by atoms with van der Waals surface area (Å²) in [6, 6.07) is 9.90. The zero-order valence-corrected chi connectivity index (χ0v) is 13.1. The number of hydrogen-bond donors (Lipinski definition) is 2. The van der Waals surface area contributed by atoms with Gasteiger partial charge in [-0.2, -0.15) is 0 Å². The number of anilines is 1. The number of likely N-dealkylation sites (tertiary alicyclic amines) is 1. The number of para-hydroxylation sites is 1. The third-order valence-corrected chi connectivity index (χ3v) is 4.17. The Bertz CT molecular complexity index is 429. The number of benzene rings is 1. The van der Waals surface area contributed by atoms with E-state index in [-0.39, 0.29) is 11.9 Å². The van der Waals surface area contributed by atoms with Crippen LogP contribution in [-0.4, -0.2) is 42.5 Å². The maximum Gasteiger partial charge on any atom is 0.241 e. The van der Waals surface area contributed by atoms with Crippen molar-refractivity contribution in [1.82, 2.24) is 10.2 Å². The first kappa shape index (κ1) is 16.0. The molecule has 0 saturated carbocycles. The van der Waals surface area contributed by atoms with E-state index in [2.05, 4.69) is 22.5 Å². The monoisotopic (exact) mass is 289 g/mol. The van der Waals surface area contributed by atoms with Crippen molar-refractivity contribution in [3.63, 3.8) is 0 Å². The molecule has 1 amide bonds. The minimum atomic E-state index is -0.183. The van der Waals surface area contributed by atoms with Crippen LogP contribution in [0, 0.1) is 0 Å². The van der Waals surface area contributed by atoms with Gasteiger partial charge in [0, 0.05) is 18.3 Å². The van der Waals surface area contributed by atoms with Crippen LogP contribution in [0.5, 0.6) is 0 Å². The van der Waals surface area contributed by atoms with E-state index in [1.165, 1.54) is 32.4 Å². The molecule has 0 aliphatic carbocycles. The van der Waals surface area contributed by atoms with Crippen LogP contribution in [0.25, 0.3) is 0 Å². The average molecular weight is 289 g/mol. The van der Waals surface area contributed by atoms with Crippen LogP contribution in [-0.2, 0) is 4.79 Å². The largest absolute Gasteiger partial charge is 0.325 e. The second-order valence-electron chi connectivity index (χ2n) is 5.93. The Kier molecular flexibility index (Phi) is 6.21. The number of hydrogen-bond acceptors (Lipinski definition) is 3. The minimum Gasteiger partial charge on any atom is -0.325 e. The van der Waals surface area contributed by atoms with Gasteiger partial charge in [0.25, 0.3) is 0 Å². The van der Waals surface area contributed by atoms with Gasteiger partial charge >= 0.3 is 0 Å². The number of rotatable bonds is 6.